The number of aliphatic hydroxyl groups is 1. The molecule has 0 saturated heterocycles. The fourth-order valence-corrected chi connectivity index (χ4v) is 5.88. The van der Waals surface area contributed by atoms with Crippen LogP contribution >= 0.6 is 0 Å². The van der Waals surface area contributed by atoms with E-state index in [1.165, 1.54) is 0 Å². The third-order valence-electron chi connectivity index (χ3n) is 8.54. The molecule has 0 aliphatic heterocycles. The summed E-state index contributed by atoms with van der Waals surface area (Å²) in [5, 5.41) is 32.5. The van der Waals surface area contributed by atoms with Gasteiger partial charge in [0, 0.05) is 17.8 Å². The number of rotatable bonds is 14. The maximum atomic E-state index is 14.0. The quantitative estimate of drug-likeness (QED) is 0.119. The Morgan fingerprint density at radius 3 is 1.75 bits per heavy atom. The first-order valence-electron chi connectivity index (χ1n) is 17.9. The molecule has 12 nitrogen and oxygen atoms in total. The molecule has 0 saturated carbocycles. The Labute approximate surface area is 313 Å². The highest BCUT2D eigenvalue weighted by molar-refractivity contribution is 5.87. The van der Waals surface area contributed by atoms with Crippen molar-refractivity contribution in [3.63, 3.8) is 0 Å². The Kier molecular flexibility index (Phi) is 14.6. The molecule has 0 spiro atoms. The van der Waals surface area contributed by atoms with E-state index in [1.54, 1.807) is 47.7 Å². The van der Waals surface area contributed by atoms with Crippen LogP contribution in [-0.4, -0.2) is 75.1 Å². The molecule has 5 atom stereocenters. The minimum absolute atomic E-state index is 0.00905. The number of benzene rings is 2. The Morgan fingerprint density at radius 1 is 0.679 bits per heavy atom. The van der Waals surface area contributed by atoms with E-state index in [4.69, 9.17) is 4.74 Å². The van der Waals surface area contributed by atoms with E-state index < -0.39 is 70.7 Å². The van der Waals surface area contributed by atoms with Crippen molar-refractivity contribution in [2.24, 2.45) is 10.8 Å². The van der Waals surface area contributed by atoms with Crippen LogP contribution in [0.5, 0.6) is 0 Å². The van der Waals surface area contributed by atoms with Crippen LogP contribution in [0.3, 0.4) is 0 Å². The van der Waals surface area contributed by atoms with Crippen LogP contribution < -0.4 is 21.3 Å². The van der Waals surface area contributed by atoms with E-state index in [1.807, 2.05) is 93.6 Å². The molecular formula is C41H57N5O7. The summed E-state index contributed by atoms with van der Waals surface area (Å²) in [6, 6.07) is 19.1. The molecule has 0 bridgehead atoms. The number of pyridine rings is 1. The zero-order valence-corrected chi connectivity index (χ0v) is 32.4. The molecule has 4 amide bonds. The van der Waals surface area contributed by atoms with Crippen molar-refractivity contribution in [3.05, 3.63) is 90.1 Å². The SMILES string of the molecule is CC(C)(C)OC(=O)N[C@H](C(=O)N[C@@H](Cc1ccccc1)[C@@H](O)C[C@H](Cc1ccc(-c2ccccn2)cc1)NC(=O)[C@@H](NC(=O)O)C(C)(C)C)C(C)(C)C. The topological polar surface area (TPSA) is 179 Å². The highest BCUT2D eigenvalue weighted by Crippen LogP contribution is 2.24. The first kappa shape index (κ1) is 42.4. The van der Waals surface area contributed by atoms with Crippen LogP contribution in [0.15, 0.2) is 79.0 Å². The van der Waals surface area contributed by atoms with E-state index in [2.05, 4.69) is 26.3 Å². The predicted molar refractivity (Wildman–Crippen MR) is 205 cm³/mol. The number of aromatic nitrogens is 1. The molecule has 0 aliphatic rings. The lowest BCUT2D eigenvalue weighted by Gasteiger charge is -2.35. The summed E-state index contributed by atoms with van der Waals surface area (Å²) in [5.74, 6) is -1.05. The summed E-state index contributed by atoms with van der Waals surface area (Å²) in [6.45, 7) is 15.9. The zero-order valence-electron chi connectivity index (χ0n) is 32.4. The van der Waals surface area contributed by atoms with Gasteiger partial charge in [0.15, 0.2) is 0 Å². The molecule has 0 fully saturated rings. The third-order valence-corrected chi connectivity index (χ3v) is 8.54. The lowest BCUT2D eigenvalue weighted by Crippen LogP contribution is -2.59. The minimum atomic E-state index is -1.33. The summed E-state index contributed by atoms with van der Waals surface area (Å²) in [4.78, 5) is 56.6. The highest BCUT2D eigenvalue weighted by Gasteiger charge is 2.38. The number of ether oxygens (including phenoxy) is 1. The number of hydrogen-bond acceptors (Lipinski definition) is 7. The van der Waals surface area contributed by atoms with Crippen molar-refractivity contribution in [3.8, 4) is 11.3 Å². The van der Waals surface area contributed by atoms with Gasteiger partial charge in [-0.25, -0.2) is 9.59 Å². The van der Waals surface area contributed by atoms with E-state index in [-0.39, 0.29) is 12.8 Å². The van der Waals surface area contributed by atoms with Gasteiger partial charge in [-0.2, -0.15) is 0 Å². The molecule has 0 aliphatic carbocycles. The Bertz CT molecular complexity index is 1650. The number of aliphatic hydroxyl groups excluding tert-OH is 1. The van der Waals surface area contributed by atoms with Crippen LogP contribution in [0.1, 0.15) is 79.9 Å². The molecule has 288 valence electrons. The molecule has 0 radical (unpaired) electrons. The van der Waals surface area contributed by atoms with Gasteiger partial charge < -0.3 is 36.2 Å². The normalized spacial score (nSPS) is 14.8. The number of nitrogens with zero attached hydrogens (tertiary/aromatic N) is 1. The first-order chi connectivity index (χ1) is 24.6. The molecule has 2 aromatic carbocycles. The maximum Gasteiger partial charge on any atom is 0.408 e. The van der Waals surface area contributed by atoms with E-state index in [0.29, 0.717) is 6.42 Å². The van der Waals surface area contributed by atoms with Gasteiger partial charge >= 0.3 is 12.2 Å². The van der Waals surface area contributed by atoms with Crippen LogP contribution in [0.2, 0.25) is 0 Å². The lowest BCUT2D eigenvalue weighted by atomic mass is 9.85. The minimum Gasteiger partial charge on any atom is -0.465 e. The number of amides is 4. The Balaban J connectivity index is 1.95. The predicted octanol–water partition coefficient (Wildman–Crippen LogP) is 5.88. The number of carbonyl (C=O) groups excluding carboxylic acids is 3. The molecule has 0 unspecified atom stereocenters. The van der Waals surface area contributed by atoms with E-state index in [0.717, 1.165) is 22.4 Å². The first-order valence-corrected chi connectivity index (χ1v) is 17.9. The fourth-order valence-electron chi connectivity index (χ4n) is 5.88. The monoisotopic (exact) mass is 731 g/mol. The van der Waals surface area contributed by atoms with Gasteiger partial charge in [0.1, 0.15) is 17.7 Å². The number of carbonyl (C=O) groups is 4. The molecule has 1 heterocycles. The van der Waals surface area contributed by atoms with Gasteiger partial charge in [0.05, 0.1) is 17.8 Å². The second-order valence-electron chi connectivity index (χ2n) is 16.6. The summed E-state index contributed by atoms with van der Waals surface area (Å²) < 4.78 is 5.44. The largest absolute Gasteiger partial charge is 0.465 e. The molecule has 3 aromatic rings. The average Bonchev–Trinajstić information content (AvgIpc) is 3.05. The maximum absolute atomic E-state index is 14.0. The zero-order chi connectivity index (χ0) is 39.6. The van der Waals surface area contributed by atoms with E-state index >= 15 is 0 Å². The van der Waals surface area contributed by atoms with Crippen molar-refractivity contribution in [1.82, 2.24) is 26.3 Å². The van der Waals surface area contributed by atoms with Crippen molar-refractivity contribution in [2.75, 3.05) is 0 Å². The number of hydrogen-bond donors (Lipinski definition) is 6. The molecular weight excluding hydrogens is 674 g/mol. The van der Waals surface area contributed by atoms with Gasteiger partial charge in [-0.3, -0.25) is 14.6 Å². The van der Waals surface area contributed by atoms with Crippen molar-refractivity contribution in [2.45, 2.75) is 117 Å². The van der Waals surface area contributed by atoms with Crippen LogP contribution in [0.4, 0.5) is 9.59 Å². The van der Waals surface area contributed by atoms with Crippen LogP contribution in [0, 0.1) is 10.8 Å². The van der Waals surface area contributed by atoms with Crippen molar-refractivity contribution >= 4 is 24.0 Å². The van der Waals surface area contributed by atoms with E-state index in [9.17, 15) is 29.4 Å². The van der Waals surface area contributed by atoms with Gasteiger partial charge in [-0.05, 0) is 74.1 Å². The second kappa shape index (κ2) is 18.2. The number of alkyl carbamates (subject to hydrolysis) is 1. The van der Waals surface area contributed by atoms with Gasteiger partial charge in [-0.1, -0.05) is 102 Å². The summed E-state index contributed by atoms with van der Waals surface area (Å²) in [7, 11) is 0. The smallest absolute Gasteiger partial charge is 0.408 e. The third kappa shape index (κ3) is 14.2. The fraction of sp³-hybridized carbons (Fsp3) is 0.488. The van der Waals surface area contributed by atoms with Crippen LogP contribution in [0.25, 0.3) is 11.3 Å². The number of carboxylic acid groups (broad SMARTS) is 1. The number of nitrogens with one attached hydrogen (secondary N) is 4. The Morgan fingerprint density at radius 2 is 1.23 bits per heavy atom. The van der Waals surface area contributed by atoms with Gasteiger partial charge in [-0.15, -0.1) is 0 Å². The molecule has 53 heavy (non-hydrogen) atoms. The van der Waals surface area contributed by atoms with Gasteiger partial charge in [0.25, 0.3) is 0 Å². The summed E-state index contributed by atoms with van der Waals surface area (Å²) in [5.41, 5.74) is 1.17. The lowest BCUT2D eigenvalue weighted by molar-refractivity contribution is -0.128. The van der Waals surface area contributed by atoms with Crippen molar-refractivity contribution < 1.29 is 34.1 Å². The second-order valence-corrected chi connectivity index (χ2v) is 16.6. The summed E-state index contributed by atoms with van der Waals surface area (Å²) in [6.07, 6.45) is -0.980. The molecule has 3 rings (SSSR count). The highest BCUT2D eigenvalue weighted by atomic mass is 16.6. The Hall–Kier alpha value is -4.97. The van der Waals surface area contributed by atoms with Crippen molar-refractivity contribution in [1.29, 1.82) is 0 Å². The van der Waals surface area contributed by atoms with Crippen LogP contribution in [-0.2, 0) is 27.2 Å². The molecule has 6 N–H and O–H groups in total. The molecule has 12 heteroatoms. The summed E-state index contributed by atoms with van der Waals surface area (Å²) >= 11 is 0. The van der Waals surface area contributed by atoms with Gasteiger partial charge in [0.2, 0.25) is 11.8 Å². The average molecular weight is 732 g/mol. The molecule has 1 aromatic heterocycles. The standard InChI is InChI=1S/C41H57N5O7/c1-39(2,3)33(45-37(50)51)35(48)43-29(23-27-18-20-28(21-19-27)30-17-13-14-22-42-30)25-32(47)31(24-26-15-11-10-12-16-26)44-36(49)34(40(4,5)6)46-38(52)53-41(7,8)9/h10-22,29,31-34,45,47H,23-25H2,1-9H3,(H,43,48)(H,44,49)(H,46,52)(H,50,51)/t29-,31-,32-,33+,34+/m0/s1.